The molecule has 0 amide bonds. The van der Waals surface area contributed by atoms with E-state index in [1.54, 1.807) is 6.07 Å². The van der Waals surface area contributed by atoms with Crippen molar-refractivity contribution in [2.24, 2.45) is 5.92 Å². The van der Waals surface area contributed by atoms with Gasteiger partial charge in [-0.2, -0.15) is 5.26 Å². The zero-order chi connectivity index (χ0) is 12.7. The number of nitriles is 1. The zero-order valence-electron chi connectivity index (χ0n) is 10.2. The molecule has 3 nitrogen and oxygen atoms in total. The summed E-state index contributed by atoms with van der Waals surface area (Å²) in [5.74, 6) is 0.0250. The lowest BCUT2D eigenvalue weighted by Crippen LogP contribution is -2.24. The maximum Gasteiger partial charge on any atom is 0.166 e. The number of hydrogen-bond donors (Lipinski definition) is 1. The van der Waals surface area contributed by atoms with Crippen molar-refractivity contribution in [3.63, 3.8) is 0 Å². The van der Waals surface area contributed by atoms with Crippen LogP contribution in [0.2, 0.25) is 0 Å². The fraction of sp³-hybridized carbons (Fsp3) is 0.462. The van der Waals surface area contributed by atoms with Crippen molar-refractivity contribution in [1.82, 2.24) is 5.32 Å². The minimum atomic E-state index is -0.486. The Balaban J connectivity index is 2.49. The van der Waals surface area contributed by atoms with E-state index in [2.05, 4.69) is 5.32 Å². The van der Waals surface area contributed by atoms with E-state index in [-0.39, 0.29) is 5.75 Å². The number of hydrogen-bond acceptors (Lipinski definition) is 3. The predicted octanol–water partition coefficient (Wildman–Crippen LogP) is 2.32. The van der Waals surface area contributed by atoms with Crippen LogP contribution in [-0.4, -0.2) is 19.7 Å². The molecule has 1 aromatic carbocycles. The van der Waals surface area contributed by atoms with Crippen LogP contribution in [0.5, 0.6) is 5.75 Å². The molecule has 0 aliphatic carbocycles. The van der Waals surface area contributed by atoms with Crippen LogP contribution in [0.4, 0.5) is 4.39 Å². The van der Waals surface area contributed by atoms with Gasteiger partial charge in [0.05, 0.1) is 18.2 Å². The molecule has 92 valence electrons. The molecular weight excluding hydrogens is 219 g/mol. The van der Waals surface area contributed by atoms with Crippen molar-refractivity contribution in [2.45, 2.75) is 13.8 Å². The van der Waals surface area contributed by atoms with Gasteiger partial charge < -0.3 is 10.1 Å². The van der Waals surface area contributed by atoms with Crippen LogP contribution in [-0.2, 0) is 0 Å². The summed E-state index contributed by atoms with van der Waals surface area (Å²) in [4.78, 5) is 0. The molecule has 1 atom stereocenters. The van der Waals surface area contributed by atoms with Gasteiger partial charge in [0, 0.05) is 12.5 Å². The number of rotatable bonds is 6. The Hall–Kier alpha value is -1.60. The first-order valence-corrected chi connectivity index (χ1v) is 5.70. The second-order valence-electron chi connectivity index (χ2n) is 3.98. The lowest BCUT2D eigenvalue weighted by molar-refractivity contribution is 0.246. The molecule has 1 rings (SSSR count). The Morgan fingerprint density at radius 1 is 1.53 bits per heavy atom. The normalized spacial score (nSPS) is 11.9. The highest BCUT2D eigenvalue weighted by atomic mass is 19.1. The zero-order valence-corrected chi connectivity index (χ0v) is 10.2. The second kappa shape index (κ2) is 6.87. The molecule has 0 aromatic heterocycles. The number of halogens is 1. The average molecular weight is 236 g/mol. The largest absolute Gasteiger partial charge is 0.490 e. The van der Waals surface area contributed by atoms with Crippen LogP contribution in [0, 0.1) is 23.1 Å². The van der Waals surface area contributed by atoms with E-state index in [0.29, 0.717) is 18.1 Å². The van der Waals surface area contributed by atoms with Gasteiger partial charge in [-0.1, -0.05) is 13.8 Å². The highest BCUT2D eigenvalue weighted by molar-refractivity contribution is 5.35. The van der Waals surface area contributed by atoms with Gasteiger partial charge >= 0.3 is 0 Å². The van der Waals surface area contributed by atoms with Gasteiger partial charge in [-0.05, 0) is 24.7 Å². The van der Waals surface area contributed by atoms with E-state index in [0.717, 1.165) is 13.1 Å². The Morgan fingerprint density at radius 2 is 2.29 bits per heavy atom. The first-order chi connectivity index (χ1) is 8.17. The van der Waals surface area contributed by atoms with Crippen molar-refractivity contribution in [1.29, 1.82) is 5.26 Å². The fourth-order valence-corrected chi connectivity index (χ4v) is 1.37. The van der Waals surface area contributed by atoms with Gasteiger partial charge in [-0.15, -0.1) is 0 Å². The molecule has 1 unspecified atom stereocenters. The van der Waals surface area contributed by atoms with Gasteiger partial charge in [-0.3, -0.25) is 0 Å². The summed E-state index contributed by atoms with van der Waals surface area (Å²) in [7, 11) is 0. The van der Waals surface area contributed by atoms with Gasteiger partial charge in [0.1, 0.15) is 0 Å². The topological polar surface area (TPSA) is 45.0 Å². The predicted molar refractivity (Wildman–Crippen MR) is 64.3 cm³/mol. The van der Waals surface area contributed by atoms with Crippen LogP contribution in [0.25, 0.3) is 0 Å². The summed E-state index contributed by atoms with van der Waals surface area (Å²) in [6.45, 7) is 6.28. The molecule has 0 saturated heterocycles. The van der Waals surface area contributed by atoms with E-state index in [9.17, 15) is 4.39 Å². The lowest BCUT2D eigenvalue weighted by atomic mass is 10.2. The summed E-state index contributed by atoms with van der Waals surface area (Å²) in [6, 6.07) is 6.11. The standard InChI is InChI=1S/C13H17FN2O/c1-3-16-8-10(2)9-17-13-5-4-11(7-15)6-12(13)14/h4-6,10,16H,3,8-9H2,1-2H3. The molecule has 0 saturated carbocycles. The smallest absolute Gasteiger partial charge is 0.166 e. The third-order valence-corrected chi connectivity index (χ3v) is 2.33. The molecule has 0 heterocycles. The summed E-state index contributed by atoms with van der Waals surface area (Å²) in [5, 5.41) is 11.8. The van der Waals surface area contributed by atoms with Crippen LogP contribution in [0.3, 0.4) is 0 Å². The first-order valence-electron chi connectivity index (χ1n) is 5.70. The van der Waals surface area contributed by atoms with E-state index < -0.39 is 5.82 Å². The highest BCUT2D eigenvalue weighted by Crippen LogP contribution is 2.18. The lowest BCUT2D eigenvalue weighted by Gasteiger charge is -2.13. The molecule has 1 aromatic rings. The third-order valence-electron chi connectivity index (χ3n) is 2.33. The third kappa shape index (κ3) is 4.41. The number of ether oxygens (including phenoxy) is 1. The Morgan fingerprint density at radius 3 is 2.88 bits per heavy atom. The molecule has 0 bridgehead atoms. The van der Waals surface area contributed by atoms with E-state index in [1.165, 1.54) is 12.1 Å². The Kier molecular flexibility index (Phi) is 5.44. The second-order valence-corrected chi connectivity index (χ2v) is 3.98. The quantitative estimate of drug-likeness (QED) is 0.824. The molecule has 17 heavy (non-hydrogen) atoms. The molecule has 0 aliphatic rings. The van der Waals surface area contributed by atoms with E-state index >= 15 is 0 Å². The Labute approximate surface area is 101 Å². The number of nitrogens with one attached hydrogen (secondary N) is 1. The average Bonchev–Trinajstić information content (AvgIpc) is 2.34. The van der Waals surface area contributed by atoms with Gasteiger partial charge in [-0.25, -0.2) is 4.39 Å². The minimum absolute atomic E-state index is 0.201. The monoisotopic (exact) mass is 236 g/mol. The van der Waals surface area contributed by atoms with E-state index in [4.69, 9.17) is 10.00 Å². The van der Waals surface area contributed by atoms with Crippen LogP contribution < -0.4 is 10.1 Å². The SMILES string of the molecule is CCNCC(C)COc1ccc(C#N)cc1F. The molecule has 0 fully saturated rings. The summed E-state index contributed by atoms with van der Waals surface area (Å²) in [5.41, 5.74) is 0.301. The van der Waals surface area contributed by atoms with Gasteiger partial charge in [0.25, 0.3) is 0 Å². The molecule has 1 N–H and O–H groups in total. The van der Waals surface area contributed by atoms with Gasteiger partial charge in [0.2, 0.25) is 0 Å². The summed E-state index contributed by atoms with van der Waals surface area (Å²) >= 11 is 0. The van der Waals surface area contributed by atoms with Gasteiger partial charge in [0.15, 0.2) is 11.6 Å². The minimum Gasteiger partial charge on any atom is -0.490 e. The number of benzene rings is 1. The van der Waals surface area contributed by atoms with Crippen molar-refractivity contribution in [3.8, 4) is 11.8 Å². The van der Waals surface area contributed by atoms with E-state index in [1.807, 2.05) is 19.9 Å². The fourth-order valence-electron chi connectivity index (χ4n) is 1.37. The van der Waals surface area contributed by atoms with Crippen LogP contribution >= 0.6 is 0 Å². The molecule has 0 aliphatic heterocycles. The van der Waals surface area contributed by atoms with Crippen molar-refractivity contribution >= 4 is 0 Å². The van der Waals surface area contributed by atoms with Crippen LogP contribution in [0.1, 0.15) is 19.4 Å². The summed E-state index contributed by atoms with van der Waals surface area (Å²) in [6.07, 6.45) is 0. The summed E-state index contributed by atoms with van der Waals surface area (Å²) < 4.78 is 18.8. The highest BCUT2D eigenvalue weighted by Gasteiger charge is 2.07. The number of nitrogens with zero attached hydrogens (tertiary/aromatic N) is 1. The Bertz CT molecular complexity index is 401. The van der Waals surface area contributed by atoms with Crippen molar-refractivity contribution < 1.29 is 9.13 Å². The first kappa shape index (κ1) is 13.5. The molecular formula is C13H17FN2O. The van der Waals surface area contributed by atoms with Crippen molar-refractivity contribution in [3.05, 3.63) is 29.6 Å². The molecule has 0 radical (unpaired) electrons. The van der Waals surface area contributed by atoms with Crippen LogP contribution in [0.15, 0.2) is 18.2 Å². The maximum absolute atomic E-state index is 13.4. The molecule has 0 spiro atoms. The molecule has 4 heteroatoms. The maximum atomic E-state index is 13.4. The van der Waals surface area contributed by atoms with Crippen molar-refractivity contribution in [2.75, 3.05) is 19.7 Å².